The minimum atomic E-state index is -0.551. The highest BCUT2D eigenvalue weighted by atomic mass is 16.2. The first kappa shape index (κ1) is 19.7. The SMILES string of the molecule is CC(C)CC(=O)N[C@@H](C(=O)NCc1ncc(-c2ccccc2)[nH]1)C(C)C. The second-order valence-corrected chi connectivity index (χ2v) is 7.21. The van der Waals surface area contributed by atoms with E-state index in [9.17, 15) is 9.59 Å². The molecule has 0 saturated heterocycles. The van der Waals surface area contributed by atoms with Crippen LogP contribution in [0.5, 0.6) is 0 Å². The molecule has 140 valence electrons. The number of imidazole rings is 1. The van der Waals surface area contributed by atoms with Crippen molar-refractivity contribution in [2.75, 3.05) is 0 Å². The van der Waals surface area contributed by atoms with Crippen molar-refractivity contribution in [1.29, 1.82) is 0 Å². The van der Waals surface area contributed by atoms with Crippen LogP contribution in [0.1, 0.15) is 39.9 Å². The number of H-pyrrole nitrogens is 1. The Balaban J connectivity index is 1.93. The topological polar surface area (TPSA) is 86.9 Å². The third-order valence-electron chi connectivity index (χ3n) is 4.00. The Labute approximate surface area is 154 Å². The fourth-order valence-electron chi connectivity index (χ4n) is 2.64. The van der Waals surface area contributed by atoms with E-state index in [1.165, 1.54) is 0 Å². The molecular formula is C20H28N4O2. The molecular weight excluding hydrogens is 328 g/mol. The van der Waals surface area contributed by atoms with Gasteiger partial charge in [-0.15, -0.1) is 0 Å². The fraction of sp³-hybridized carbons (Fsp3) is 0.450. The molecule has 2 amide bonds. The first-order valence-electron chi connectivity index (χ1n) is 9.03. The molecule has 6 heteroatoms. The highest BCUT2D eigenvalue weighted by molar-refractivity contribution is 5.87. The van der Waals surface area contributed by atoms with Crippen LogP contribution in [0.4, 0.5) is 0 Å². The molecule has 0 radical (unpaired) electrons. The molecule has 0 fully saturated rings. The Bertz CT molecular complexity index is 722. The van der Waals surface area contributed by atoms with Crippen molar-refractivity contribution in [1.82, 2.24) is 20.6 Å². The molecule has 3 N–H and O–H groups in total. The lowest BCUT2D eigenvalue weighted by atomic mass is 10.0. The molecule has 2 aromatic rings. The lowest BCUT2D eigenvalue weighted by molar-refractivity contribution is -0.130. The number of aromatic nitrogens is 2. The summed E-state index contributed by atoms with van der Waals surface area (Å²) < 4.78 is 0. The number of hydrogen-bond acceptors (Lipinski definition) is 3. The van der Waals surface area contributed by atoms with Crippen molar-refractivity contribution in [3.05, 3.63) is 42.4 Å². The molecule has 1 atom stereocenters. The largest absolute Gasteiger partial charge is 0.347 e. The van der Waals surface area contributed by atoms with Gasteiger partial charge >= 0.3 is 0 Å². The zero-order valence-corrected chi connectivity index (χ0v) is 15.9. The van der Waals surface area contributed by atoms with E-state index in [-0.39, 0.29) is 30.2 Å². The Morgan fingerprint density at radius 2 is 1.81 bits per heavy atom. The minimum absolute atomic E-state index is 0.00240. The number of benzene rings is 1. The van der Waals surface area contributed by atoms with Crippen LogP contribution in [0.3, 0.4) is 0 Å². The van der Waals surface area contributed by atoms with Crippen molar-refractivity contribution >= 4 is 11.8 Å². The molecule has 0 aliphatic rings. The third-order valence-corrected chi connectivity index (χ3v) is 4.00. The molecule has 0 aliphatic carbocycles. The molecule has 0 bridgehead atoms. The summed E-state index contributed by atoms with van der Waals surface area (Å²) in [6.45, 7) is 8.08. The van der Waals surface area contributed by atoms with Crippen LogP contribution >= 0.6 is 0 Å². The van der Waals surface area contributed by atoms with E-state index >= 15 is 0 Å². The summed E-state index contributed by atoms with van der Waals surface area (Å²) in [5.41, 5.74) is 1.94. The van der Waals surface area contributed by atoms with Crippen LogP contribution < -0.4 is 10.6 Å². The van der Waals surface area contributed by atoms with Crippen molar-refractivity contribution in [3.63, 3.8) is 0 Å². The number of carbonyl (C=O) groups is 2. The van der Waals surface area contributed by atoms with Crippen LogP contribution in [0.25, 0.3) is 11.3 Å². The number of amides is 2. The second kappa shape index (κ2) is 9.17. The lowest BCUT2D eigenvalue weighted by Gasteiger charge is -2.22. The van der Waals surface area contributed by atoms with Crippen LogP contribution in [0, 0.1) is 11.8 Å². The van der Waals surface area contributed by atoms with Gasteiger partial charge in [-0.05, 0) is 17.4 Å². The number of rotatable bonds is 8. The molecule has 1 aromatic heterocycles. The molecule has 1 aromatic carbocycles. The maximum Gasteiger partial charge on any atom is 0.243 e. The number of aromatic amines is 1. The van der Waals surface area contributed by atoms with Gasteiger partial charge in [0.05, 0.1) is 18.4 Å². The monoisotopic (exact) mass is 356 g/mol. The Hall–Kier alpha value is -2.63. The zero-order chi connectivity index (χ0) is 19.1. The van der Waals surface area contributed by atoms with Gasteiger partial charge in [0, 0.05) is 6.42 Å². The minimum Gasteiger partial charge on any atom is -0.347 e. The van der Waals surface area contributed by atoms with Gasteiger partial charge in [0.2, 0.25) is 11.8 Å². The smallest absolute Gasteiger partial charge is 0.243 e. The lowest BCUT2D eigenvalue weighted by Crippen LogP contribution is -2.49. The highest BCUT2D eigenvalue weighted by Gasteiger charge is 2.24. The Kier molecular flexibility index (Phi) is 6.95. The third kappa shape index (κ3) is 5.72. The van der Waals surface area contributed by atoms with E-state index < -0.39 is 6.04 Å². The normalized spacial score (nSPS) is 12.2. The summed E-state index contributed by atoms with van der Waals surface area (Å²) in [6.07, 6.45) is 2.16. The highest BCUT2D eigenvalue weighted by Crippen LogP contribution is 2.16. The van der Waals surface area contributed by atoms with Gasteiger partial charge in [-0.2, -0.15) is 0 Å². The van der Waals surface area contributed by atoms with Gasteiger partial charge in [-0.25, -0.2) is 4.98 Å². The van der Waals surface area contributed by atoms with Crippen LogP contribution in [-0.2, 0) is 16.1 Å². The van der Waals surface area contributed by atoms with E-state index in [0.29, 0.717) is 12.2 Å². The standard InChI is InChI=1S/C20H28N4O2/c1-13(2)10-18(25)24-19(14(3)4)20(26)22-12-17-21-11-16(23-17)15-8-6-5-7-9-15/h5-9,11,13-14,19H,10,12H2,1-4H3,(H,21,23)(H,22,26)(H,24,25)/t19-/m1/s1. The molecule has 2 rings (SSSR count). The van der Waals surface area contributed by atoms with E-state index in [2.05, 4.69) is 20.6 Å². The predicted octanol–water partition coefficient (Wildman–Crippen LogP) is 2.88. The maximum absolute atomic E-state index is 12.5. The molecule has 0 aliphatic heterocycles. The average Bonchev–Trinajstić information content (AvgIpc) is 3.06. The quantitative estimate of drug-likeness (QED) is 0.680. The van der Waals surface area contributed by atoms with Crippen molar-refractivity contribution < 1.29 is 9.59 Å². The summed E-state index contributed by atoms with van der Waals surface area (Å²) in [6, 6.07) is 9.32. The average molecular weight is 356 g/mol. The number of nitrogens with one attached hydrogen (secondary N) is 3. The van der Waals surface area contributed by atoms with E-state index in [4.69, 9.17) is 0 Å². The second-order valence-electron chi connectivity index (χ2n) is 7.21. The number of nitrogens with zero attached hydrogens (tertiary/aromatic N) is 1. The van der Waals surface area contributed by atoms with Crippen molar-refractivity contribution in [2.24, 2.45) is 11.8 Å². The summed E-state index contributed by atoms with van der Waals surface area (Å²) in [7, 11) is 0. The van der Waals surface area contributed by atoms with Gasteiger partial charge in [0.15, 0.2) is 0 Å². The summed E-state index contributed by atoms with van der Waals surface area (Å²) in [4.78, 5) is 32.0. The van der Waals surface area contributed by atoms with Gasteiger partial charge in [-0.3, -0.25) is 9.59 Å². The van der Waals surface area contributed by atoms with E-state index in [1.54, 1.807) is 6.20 Å². The van der Waals surface area contributed by atoms with Gasteiger partial charge in [0.25, 0.3) is 0 Å². The predicted molar refractivity (Wildman–Crippen MR) is 102 cm³/mol. The summed E-state index contributed by atoms with van der Waals surface area (Å²) >= 11 is 0. The fourth-order valence-corrected chi connectivity index (χ4v) is 2.64. The van der Waals surface area contributed by atoms with Gasteiger partial charge < -0.3 is 15.6 Å². The van der Waals surface area contributed by atoms with Crippen LogP contribution in [-0.4, -0.2) is 27.8 Å². The number of carbonyl (C=O) groups excluding carboxylic acids is 2. The summed E-state index contributed by atoms with van der Waals surface area (Å²) in [5, 5.41) is 5.69. The molecule has 0 saturated carbocycles. The molecule has 0 spiro atoms. The summed E-state index contributed by atoms with van der Waals surface area (Å²) in [5.74, 6) is 0.634. The zero-order valence-electron chi connectivity index (χ0n) is 15.9. The first-order valence-corrected chi connectivity index (χ1v) is 9.03. The molecule has 0 unspecified atom stereocenters. The van der Waals surface area contributed by atoms with E-state index in [0.717, 1.165) is 11.3 Å². The maximum atomic E-state index is 12.5. The van der Waals surface area contributed by atoms with Crippen molar-refractivity contribution in [3.8, 4) is 11.3 Å². The van der Waals surface area contributed by atoms with Gasteiger partial charge in [-0.1, -0.05) is 58.0 Å². The van der Waals surface area contributed by atoms with E-state index in [1.807, 2.05) is 58.0 Å². The first-order chi connectivity index (χ1) is 12.4. The van der Waals surface area contributed by atoms with Crippen molar-refractivity contribution in [2.45, 2.75) is 46.7 Å². The Morgan fingerprint density at radius 3 is 2.42 bits per heavy atom. The van der Waals surface area contributed by atoms with Gasteiger partial charge in [0.1, 0.15) is 11.9 Å². The van der Waals surface area contributed by atoms with Crippen LogP contribution in [0.15, 0.2) is 36.5 Å². The number of hydrogen-bond donors (Lipinski definition) is 3. The molecule has 1 heterocycles. The van der Waals surface area contributed by atoms with Crippen LogP contribution in [0.2, 0.25) is 0 Å². The molecule has 6 nitrogen and oxygen atoms in total. The molecule has 26 heavy (non-hydrogen) atoms. The Morgan fingerprint density at radius 1 is 1.12 bits per heavy atom.